The standard InChI is InChI=1S/C26H36N6O/c1-29(2)24-22-19-32(25(33)20-9-5-3-6-10-20)14-13-23(22)27-26(28-24)31-17-15-30(16-18-31)21-11-7-4-8-12-21/h3,5-6,9-10,21H,4,7-8,11-19H2,1-2H3. The van der Waals surface area contributed by atoms with Crippen LogP contribution in [0.1, 0.15) is 53.7 Å². The molecule has 7 nitrogen and oxygen atoms in total. The number of fused-ring (bicyclic) bond motifs is 1. The number of hydrogen-bond donors (Lipinski definition) is 0. The van der Waals surface area contributed by atoms with E-state index in [-0.39, 0.29) is 5.91 Å². The molecule has 0 spiro atoms. The molecule has 1 amide bonds. The van der Waals surface area contributed by atoms with Crippen LogP contribution in [0.4, 0.5) is 11.8 Å². The van der Waals surface area contributed by atoms with Crippen LogP contribution in [-0.2, 0) is 13.0 Å². The predicted molar refractivity (Wildman–Crippen MR) is 132 cm³/mol. The first kappa shape index (κ1) is 22.1. The molecule has 3 heterocycles. The summed E-state index contributed by atoms with van der Waals surface area (Å²) < 4.78 is 0. The summed E-state index contributed by atoms with van der Waals surface area (Å²) in [5.41, 5.74) is 2.91. The normalized spacial score (nSPS) is 19.9. The topological polar surface area (TPSA) is 55.8 Å². The highest BCUT2D eigenvalue weighted by atomic mass is 16.2. The van der Waals surface area contributed by atoms with Crippen molar-refractivity contribution in [3.05, 3.63) is 47.2 Å². The number of carbonyl (C=O) groups excluding carboxylic acids is 1. The molecular weight excluding hydrogens is 412 g/mol. The highest BCUT2D eigenvalue weighted by molar-refractivity contribution is 5.94. The number of rotatable bonds is 4. The van der Waals surface area contributed by atoms with Gasteiger partial charge in [-0.05, 0) is 25.0 Å². The minimum Gasteiger partial charge on any atom is -0.362 e. The van der Waals surface area contributed by atoms with E-state index in [2.05, 4.69) is 14.7 Å². The Hall–Kier alpha value is -2.67. The first-order valence-electron chi connectivity index (χ1n) is 12.5. The highest BCUT2D eigenvalue weighted by Gasteiger charge is 2.30. The van der Waals surface area contributed by atoms with Crippen LogP contribution < -0.4 is 9.80 Å². The molecule has 0 unspecified atom stereocenters. The van der Waals surface area contributed by atoms with Gasteiger partial charge in [0.05, 0.1) is 12.2 Å². The lowest BCUT2D eigenvalue weighted by Crippen LogP contribution is -2.51. The summed E-state index contributed by atoms with van der Waals surface area (Å²) in [5.74, 6) is 1.87. The van der Waals surface area contributed by atoms with E-state index in [0.717, 1.165) is 67.2 Å². The molecule has 0 radical (unpaired) electrons. The summed E-state index contributed by atoms with van der Waals surface area (Å²) in [7, 11) is 4.07. The van der Waals surface area contributed by atoms with Gasteiger partial charge in [0.2, 0.25) is 5.95 Å². The third kappa shape index (κ3) is 4.69. The molecule has 1 aromatic carbocycles. The molecule has 2 fully saturated rings. The largest absolute Gasteiger partial charge is 0.362 e. The average molecular weight is 449 g/mol. The zero-order valence-corrected chi connectivity index (χ0v) is 20.0. The first-order valence-corrected chi connectivity index (χ1v) is 12.5. The third-order valence-electron chi connectivity index (χ3n) is 7.45. The first-order chi connectivity index (χ1) is 16.1. The molecule has 33 heavy (non-hydrogen) atoms. The smallest absolute Gasteiger partial charge is 0.254 e. The molecule has 1 aromatic heterocycles. The van der Waals surface area contributed by atoms with Gasteiger partial charge in [0.1, 0.15) is 5.82 Å². The highest BCUT2D eigenvalue weighted by Crippen LogP contribution is 2.30. The fraction of sp³-hybridized carbons (Fsp3) is 0.577. The van der Waals surface area contributed by atoms with Crippen molar-refractivity contribution in [2.75, 3.05) is 56.6 Å². The molecule has 2 aliphatic heterocycles. The van der Waals surface area contributed by atoms with Crippen LogP contribution in [-0.4, -0.2) is 78.5 Å². The number of nitrogens with zero attached hydrogens (tertiary/aromatic N) is 6. The van der Waals surface area contributed by atoms with Crippen molar-refractivity contribution in [1.29, 1.82) is 0 Å². The van der Waals surface area contributed by atoms with Gasteiger partial charge in [-0.1, -0.05) is 37.5 Å². The van der Waals surface area contributed by atoms with Crippen LogP contribution in [0.3, 0.4) is 0 Å². The van der Waals surface area contributed by atoms with E-state index in [1.807, 2.05) is 49.3 Å². The molecule has 5 rings (SSSR count). The number of benzene rings is 1. The summed E-state index contributed by atoms with van der Waals surface area (Å²) in [6.45, 7) is 5.43. The number of amides is 1. The Morgan fingerprint density at radius 1 is 0.939 bits per heavy atom. The second-order valence-electron chi connectivity index (χ2n) is 9.82. The minimum absolute atomic E-state index is 0.0777. The van der Waals surface area contributed by atoms with Crippen LogP contribution in [0, 0.1) is 0 Å². The molecule has 0 atom stereocenters. The van der Waals surface area contributed by atoms with Crippen LogP contribution in [0.2, 0.25) is 0 Å². The minimum atomic E-state index is 0.0777. The molecule has 2 aromatic rings. The zero-order chi connectivity index (χ0) is 22.8. The van der Waals surface area contributed by atoms with Gasteiger partial charge in [-0.3, -0.25) is 9.69 Å². The van der Waals surface area contributed by atoms with E-state index in [1.54, 1.807) is 0 Å². The van der Waals surface area contributed by atoms with Crippen LogP contribution in [0.15, 0.2) is 30.3 Å². The molecule has 3 aliphatic rings. The molecule has 176 valence electrons. The SMILES string of the molecule is CN(C)c1nc(N2CCN(C3CCCCC3)CC2)nc2c1CN(C(=O)c1ccccc1)CC2. The van der Waals surface area contributed by atoms with Gasteiger partial charge in [-0.25, -0.2) is 4.98 Å². The second kappa shape index (κ2) is 9.67. The molecule has 7 heteroatoms. The lowest BCUT2D eigenvalue weighted by atomic mass is 9.94. The van der Waals surface area contributed by atoms with Crippen molar-refractivity contribution in [2.24, 2.45) is 0 Å². The van der Waals surface area contributed by atoms with E-state index >= 15 is 0 Å². The lowest BCUT2D eigenvalue weighted by Gasteiger charge is -2.41. The second-order valence-corrected chi connectivity index (χ2v) is 9.82. The summed E-state index contributed by atoms with van der Waals surface area (Å²) in [5, 5.41) is 0. The molecule has 0 bridgehead atoms. The van der Waals surface area contributed by atoms with Crippen molar-refractivity contribution < 1.29 is 4.79 Å². The van der Waals surface area contributed by atoms with Crippen molar-refractivity contribution in [2.45, 2.75) is 51.1 Å². The predicted octanol–water partition coefficient (Wildman–Crippen LogP) is 3.20. The van der Waals surface area contributed by atoms with E-state index in [4.69, 9.17) is 9.97 Å². The molecular formula is C26H36N6O. The van der Waals surface area contributed by atoms with Gasteiger partial charge >= 0.3 is 0 Å². The van der Waals surface area contributed by atoms with Crippen molar-refractivity contribution >= 4 is 17.7 Å². The maximum absolute atomic E-state index is 13.0. The Labute approximate surface area is 197 Å². The Bertz CT molecular complexity index is 964. The van der Waals surface area contributed by atoms with Gasteiger partial charge in [0, 0.05) is 70.4 Å². The maximum Gasteiger partial charge on any atom is 0.254 e. The van der Waals surface area contributed by atoms with E-state index in [9.17, 15) is 4.79 Å². The monoisotopic (exact) mass is 448 g/mol. The van der Waals surface area contributed by atoms with E-state index < -0.39 is 0 Å². The van der Waals surface area contributed by atoms with Crippen LogP contribution in [0.25, 0.3) is 0 Å². The fourth-order valence-corrected chi connectivity index (χ4v) is 5.57. The number of carbonyl (C=O) groups is 1. The van der Waals surface area contributed by atoms with Crippen LogP contribution in [0.5, 0.6) is 0 Å². The van der Waals surface area contributed by atoms with Crippen LogP contribution >= 0.6 is 0 Å². The van der Waals surface area contributed by atoms with Crippen molar-refractivity contribution in [3.63, 3.8) is 0 Å². The Morgan fingerprint density at radius 3 is 2.36 bits per heavy atom. The summed E-state index contributed by atoms with van der Waals surface area (Å²) in [4.78, 5) is 32.1. The van der Waals surface area contributed by atoms with E-state index in [1.165, 1.54) is 32.1 Å². The molecule has 0 N–H and O–H groups in total. The number of piperazine rings is 1. The molecule has 1 saturated carbocycles. The molecule has 1 aliphatic carbocycles. The van der Waals surface area contributed by atoms with Crippen molar-refractivity contribution in [3.8, 4) is 0 Å². The van der Waals surface area contributed by atoms with Gasteiger partial charge in [-0.15, -0.1) is 0 Å². The summed E-state index contributed by atoms with van der Waals surface area (Å²) in [6, 6.07) is 10.3. The van der Waals surface area contributed by atoms with Gasteiger partial charge in [-0.2, -0.15) is 4.98 Å². The van der Waals surface area contributed by atoms with Gasteiger partial charge in [0.15, 0.2) is 0 Å². The van der Waals surface area contributed by atoms with Crippen molar-refractivity contribution in [1.82, 2.24) is 19.8 Å². The summed E-state index contributed by atoms with van der Waals surface area (Å²) in [6.07, 6.45) is 7.66. The Balaban J connectivity index is 1.32. The Kier molecular flexibility index (Phi) is 6.49. The van der Waals surface area contributed by atoms with Gasteiger partial charge in [0.25, 0.3) is 5.91 Å². The quantitative estimate of drug-likeness (QED) is 0.716. The zero-order valence-electron chi connectivity index (χ0n) is 20.0. The van der Waals surface area contributed by atoms with E-state index in [0.29, 0.717) is 13.1 Å². The lowest BCUT2D eigenvalue weighted by molar-refractivity contribution is 0.0733. The summed E-state index contributed by atoms with van der Waals surface area (Å²) >= 11 is 0. The third-order valence-corrected chi connectivity index (χ3v) is 7.45. The average Bonchev–Trinajstić information content (AvgIpc) is 2.88. The number of hydrogen-bond acceptors (Lipinski definition) is 6. The number of anilines is 2. The molecule has 1 saturated heterocycles. The maximum atomic E-state index is 13.0. The Morgan fingerprint density at radius 2 is 1.67 bits per heavy atom. The fourth-order valence-electron chi connectivity index (χ4n) is 5.57. The number of aromatic nitrogens is 2. The van der Waals surface area contributed by atoms with Gasteiger partial charge < -0.3 is 14.7 Å².